The third kappa shape index (κ3) is 6.60. The van der Waals surface area contributed by atoms with E-state index in [-0.39, 0.29) is 23.1 Å². The van der Waals surface area contributed by atoms with Crippen molar-refractivity contribution in [3.63, 3.8) is 0 Å². The number of rotatable bonds is 9. The molecule has 2 aromatic rings. The molecule has 5 nitrogen and oxygen atoms in total. The van der Waals surface area contributed by atoms with Crippen molar-refractivity contribution in [2.75, 3.05) is 20.1 Å². The predicted octanol–water partition coefficient (Wildman–Crippen LogP) is 4.62. The van der Waals surface area contributed by atoms with Gasteiger partial charge in [-0.1, -0.05) is 40.2 Å². The first-order valence-corrected chi connectivity index (χ1v) is 13.3. The number of fused-ring (bicyclic) bond motifs is 1. The summed E-state index contributed by atoms with van der Waals surface area (Å²) in [5.41, 5.74) is 1.17. The first-order valence-electron chi connectivity index (χ1n) is 11.0. The Kier molecular flexibility index (Phi) is 8.19. The Labute approximate surface area is 207 Å². The number of likely N-dealkylation sites (N-methyl/N-ethyl adjacent to an activating group) is 1. The van der Waals surface area contributed by atoms with Crippen molar-refractivity contribution in [3.05, 3.63) is 63.6 Å². The van der Waals surface area contributed by atoms with Gasteiger partial charge in [0.05, 0.1) is 16.6 Å². The number of nitrogens with one attached hydrogen (secondary N) is 1. The monoisotopic (exact) mass is 562 g/mol. The molecule has 0 aliphatic heterocycles. The van der Waals surface area contributed by atoms with E-state index >= 15 is 0 Å². The van der Waals surface area contributed by atoms with Gasteiger partial charge in [-0.05, 0) is 68.4 Å². The summed E-state index contributed by atoms with van der Waals surface area (Å²) in [6, 6.07) is 11.3. The van der Waals surface area contributed by atoms with Crippen LogP contribution < -0.4 is 5.32 Å². The summed E-state index contributed by atoms with van der Waals surface area (Å²) in [5.74, 6) is 0.471. The Balaban J connectivity index is 1.59. The number of β-amino-alcohol motifs (C(OH)–C–C–N with tert-alkyl or cyclic N) is 1. The van der Waals surface area contributed by atoms with Crippen molar-refractivity contribution in [1.82, 2.24) is 9.62 Å². The standard InChI is InChI=1S/C24H30BrF3N2O3S/c1-23(2,13-16-10-17-6-4-5-7-18(17)11-16)29-14-20(31)15-30(3)34(32,33)22-9-8-19(25)12-21(22)24(26,27)28/h4-9,12,16,20,29,31H,10-11,13-15H2,1-3H3. The number of sulfonamides is 1. The SMILES string of the molecule is CN(CC(O)CNC(C)(C)CC1Cc2ccccc2C1)S(=O)(=O)c1ccc(Br)cc1C(F)(F)F. The molecule has 0 fully saturated rings. The maximum atomic E-state index is 13.4. The Morgan fingerprint density at radius 2 is 1.74 bits per heavy atom. The topological polar surface area (TPSA) is 69.6 Å². The van der Waals surface area contributed by atoms with Gasteiger partial charge in [0.1, 0.15) is 0 Å². The minimum atomic E-state index is -4.84. The molecule has 0 radical (unpaired) electrons. The van der Waals surface area contributed by atoms with Crippen LogP contribution in [-0.2, 0) is 29.0 Å². The van der Waals surface area contributed by atoms with Gasteiger partial charge in [0.2, 0.25) is 10.0 Å². The van der Waals surface area contributed by atoms with Gasteiger partial charge in [-0.3, -0.25) is 0 Å². The average molecular weight is 563 g/mol. The van der Waals surface area contributed by atoms with Gasteiger partial charge < -0.3 is 10.4 Å². The molecule has 2 aromatic carbocycles. The van der Waals surface area contributed by atoms with E-state index in [0.29, 0.717) is 5.92 Å². The maximum Gasteiger partial charge on any atom is 0.417 e. The molecule has 1 aliphatic rings. The zero-order chi connectivity index (χ0) is 25.3. The van der Waals surface area contributed by atoms with Crippen molar-refractivity contribution in [2.24, 2.45) is 5.92 Å². The van der Waals surface area contributed by atoms with Crippen LogP contribution in [0.1, 0.15) is 37.0 Å². The molecule has 0 heterocycles. The lowest BCUT2D eigenvalue weighted by molar-refractivity contribution is -0.140. The number of hydrogen-bond donors (Lipinski definition) is 2. The number of benzene rings is 2. The zero-order valence-corrected chi connectivity index (χ0v) is 21.8. The Morgan fingerprint density at radius 1 is 1.15 bits per heavy atom. The third-order valence-corrected chi connectivity index (χ3v) is 8.53. The van der Waals surface area contributed by atoms with Crippen LogP contribution >= 0.6 is 15.9 Å². The van der Waals surface area contributed by atoms with Crippen LogP contribution in [-0.4, -0.2) is 49.6 Å². The maximum absolute atomic E-state index is 13.4. The predicted molar refractivity (Wildman–Crippen MR) is 129 cm³/mol. The minimum absolute atomic E-state index is 0.110. The second-order valence-corrected chi connectivity index (χ2v) is 12.5. The van der Waals surface area contributed by atoms with Gasteiger partial charge in [-0.2, -0.15) is 17.5 Å². The molecule has 10 heteroatoms. The first-order chi connectivity index (χ1) is 15.7. The van der Waals surface area contributed by atoms with Crippen molar-refractivity contribution in [3.8, 4) is 0 Å². The van der Waals surface area contributed by atoms with Crippen LogP contribution in [0.4, 0.5) is 13.2 Å². The molecule has 1 unspecified atom stereocenters. The highest BCUT2D eigenvalue weighted by atomic mass is 79.9. The quantitative estimate of drug-likeness (QED) is 0.467. The Bertz CT molecular complexity index is 1100. The molecule has 3 rings (SSSR count). The van der Waals surface area contributed by atoms with E-state index in [4.69, 9.17) is 0 Å². The van der Waals surface area contributed by atoms with Crippen LogP contribution in [0.3, 0.4) is 0 Å². The van der Waals surface area contributed by atoms with Crippen molar-refractivity contribution in [1.29, 1.82) is 0 Å². The normalized spacial score (nSPS) is 16.1. The summed E-state index contributed by atoms with van der Waals surface area (Å²) in [7, 11) is -3.29. The molecule has 0 aromatic heterocycles. The van der Waals surface area contributed by atoms with Gasteiger partial charge in [-0.25, -0.2) is 8.42 Å². The summed E-state index contributed by atoms with van der Waals surface area (Å²) >= 11 is 2.95. The third-order valence-electron chi connectivity index (χ3n) is 6.15. The van der Waals surface area contributed by atoms with E-state index < -0.39 is 32.8 Å². The lowest BCUT2D eigenvalue weighted by atomic mass is 9.88. The molecule has 188 valence electrons. The highest BCUT2D eigenvalue weighted by Crippen LogP contribution is 2.37. The summed E-state index contributed by atoms with van der Waals surface area (Å²) in [5, 5.41) is 13.8. The van der Waals surface area contributed by atoms with E-state index in [1.54, 1.807) is 0 Å². The second kappa shape index (κ2) is 10.3. The molecule has 1 atom stereocenters. The molecule has 0 amide bonds. The lowest BCUT2D eigenvalue weighted by Gasteiger charge is -2.31. The van der Waals surface area contributed by atoms with Gasteiger partial charge >= 0.3 is 6.18 Å². The smallest absolute Gasteiger partial charge is 0.390 e. The number of aliphatic hydroxyl groups excluding tert-OH is 1. The molecule has 0 saturated heterocycles. The van der Waals surface area contributed by atoms with Gasteiger partial charge in [0, 0.05) is 30.1 Å². The number of alkyl halides is 3. The van der Waals surface area contributed by atoms with Crippen LogP contribution in [0, 0.1) is 5.92 Å². The summed E-state index contributed by atoms with van der Waals surface area (Å²) in [4.78, 5) is -0.841. The van der Waals surface area contributed by atoms with E-state index in [1.807, 2.05) is 26.0 Å². The summed E-state index contributed by atoms with van der Waals surface area (Å²) < 4.78 is 66.9. The number of aliphatic hydroxyl groups is 1. The van der Waals surface area contributed by atoms with Gasteiger partial charge in [0.15, 0.2) is 0 Å². The summed E-state index contributed by atoms with van der Waals surface area (Å²) in [6.45, 7) is 3.83. The number of hydrogen-bond acceptors (Lipinski definition) is 4. The molecule has 1 aliphatic carbocycles. The van der Waals surface area contributed by atoms with E-state index in [2.05, 4.69) is 33.4 Å². The van der Waals surface area contributed by atoms with Gasteiger partial charge in [-0.15, -0.1) is 0 Å². The average Bonchev–Trinajstić information content (AvgIpc) is 3.13. The highest BCUT2D eigenvalue weighted by Gasteiger charge is 2.39. The van der Waals surface area contributed by atoms with Crippen LogP contribution in [0.2, 0.25) is 0 Å². The van der Waals surface area contributed by atoms with Crippen molar-refractivity contribution < 1.29 is 26.7 Å². The second-order valence-electron chi connectivity index (χ2n) is 9.59. The van der Waals surface area contributed by atoms with Crippen LogP contribution in [0.15, 0.2) is 51.8 Å². The van der Waals surface area contributed by atoms with Crippen LogP contribution in [0.5, 0.6) is 0 Å². The largest absolute Gasteiger partial charge is 0.417 e. The Morgan fingerprint density at radius 3 is 2.29 bits per heavy atom. The molecule has 0 spiro atoms. The van der Waals surface area contributed by atoms with E-state index in [9.17, 15) is 26.7 Å². The number of nitrogens with zero attached hydrogens (tertiary/aromatic N) is 1. The van der Waals surface area contributed by atoms with Gasteiger partial charge in [0.25, 0.3) is 0 Å². The van der Waals surface area contributed by atoms with Crippen molar-refractivity contribution in [2.45, 2.75) is 55.8 Å². The molecule has 0 bridgehead atoms. The molecule has 0 saturated carbocycles. The molecular weight excluding hydrogens is 533 g/mol. The fourth-order valence-electron chi connectivity index (χ4n) is 4.56. The lowest BCUT2D eigenvalue weighted by Crippen LogP contribution is -2.47. The summed E-state index contributed by atoms with van der Waals surface area (Å²) in [6.07, 6.45) is -3.06. The fraction of sp³-hybridized carbons (Fsp3) is 0.500. The molecule has 2 N–H and O–H groups in total. The van der Waals surface area contributed by atoms with Crippen molar-refractivity contribution >= 4 is 26.0 Å². The zero-order valence-electron chi connectivity index (χ0n) is 19.4. The van der Waals surface area contributed by atoms with Crippen LogP contribution in [0.25, 0.3) is 0 Å². The molecule has 34 heavy (non-hydrogen) atoms. The highest BCUT2D eigenvalue weighted by molar-refractivity contribution is 9.10. The minimum Gasteiger partial charge on any atom is -0.390 e. The number of halogens is 4. The van der Waals surface area contributed by atoms with E-state index in [0.717, 1.165) is 35.7 Å². The first kappa shape index (κ1) is 27.1. The fourth-order valence-corrected chi connectivity index (χ4v) is 6.32. The van der Waals surface area contributed by atoms with E-state index in [1.165, 1.54) is 24.2 Å². The Hall–Kier alpha value is -1.46. The molecular formula is C24H30BrF3N2O3S.